The predicted molar refractivity (Wildman–Crippen MR) is 75.3 cm³/mol. The molecule has 2 saturated heterocycles. The lowest BCUT2D eigenvalue weighted by molar-refractivity contribution is -0.141. The maximum Gasteiger partial charge on any atom is 0.406 e. The molecule has 1 unspecified atom stereocenters. The van der Waals surface area contributed by atoms with E-state index < -0.39 is 12.7 Å². The summed E-state index contributed by atoms with van der Waals surface area (Å²) in [7, 11) is 0. The highest BCUT2D eigenvalue weighted by atomic mass is 35.5. The molecule has 3 heterocycles. The number of nitrogens with one attached hydrogen (secondary N) is 1. The topological polar surface area (TPSA) is 33.1 Å². The van der Waals surface area contributed by atoms with E-state index >= 15 is 0 Å². The number of hydrogen-bond acceptors (Lipinski definition) is 3. The molecule has 1 spiro atoms. The van der Waals surface area contributed by atoms with Gasteiger partial charge in [-0.3, -0.25) is 4.90 Å². The second-order valence-corrected chi connectivity index (χ2v) is 5.97. The minimum absolute atomic E-state index is 0. The zero-order valence-corrected chi connectivity index (χ0v) is 12.5. The molecule has 0 aliphatic carbocycles. The zero-order chi connectivity index (χ0) is 14.2. The van der Waals surface area contributed by atoms with Crippen molar-refractivity contribution in [2.75, 3.05) is 26.2 Å². The van der Waals surface area contributed by atoms with Crippen molar-refractivity contribution in [2.24, 2.45) is 5.41 Å². The van der Waals surface area contributed by atoms with Crippen molar-refractivity contribution in [1.29, 1.82) is 0 Å². The Morgan fingerprint density at radius 2 is 2.14 bits per heavy atom. The maximum absolute atomic E-state index is 12.5. The molecule has 0 amide bonds. The van der Waals surface area contributed by atoms with Gasteiger partial charge in [-0.25, -0.2) is 4.98 Å². The van der Waals surface area contributed by atoms with Crippen LogP contribution in [0.25, 0.3) is 0 Å². The first kappa shape index (κ1) is 16.6. The summed E-state index contributed by atoms with van der Waals surface area (Å²) in [6.45, 7) is 3.53. The van der Waals surface area contributed by atoms with Crippen LogP contribution in [0, 0.1) is 5.41 Å². The maximum atomic E-state index is 12.5. The van der Waals surface area contributed by atoms with Gasteiger partial charge < -0.3 is 9.88 Å². The third kappa shape index (κ3) is 3.90. The molecule has 1 aromatic heterocycles. The van der Waals surface area contributed by atoms with Crippen LogP contribution in [0.2, 0.25) is 0 Å². The average molecular weight is 325 g/mol. The van der Waals surface area contributed by atoms with E-state index in [2.05, 4.69) is 15.2 Å². The molecule has 0 bridgehead atoms. The van der Waals surface area contributed by atoms with Crippen LogP contribution in [-0.2, 0) is 13.1 Å². The zero-order valence-electron chi connectivity index (χ0n) is 11.7. The summed E-state index contributed by atoms with van der Waals surface area (Å²) in [4.78, 5) is 6.31. The van der Waals surface area contributed by atoms with Crippen LogP contribution in [0.3, 0.4) is 0 Å². The molecule has 0 radical (unpaired) electrons. The summed E-state index contributed by atoms with van der Waals surface area (Å²) < 4.78 is 38.7. The Kier molecular flexibility index (Phi) is 4.85. The number of hydrogen-bond donors (Lipinski definition) is 1. The van der Waals surface area contributed by atoms with Gasteiger partial charge >= 0.3 is 6.18 Å². The predicted octanol–water partition coefficient (Wildman–Crippen LogP) is 2.05. The summed E-state index contributed by atoms with van der Waals surface area (Å²) in [6.07, 6.45) is 0.952. The fourth-order valence-electron chi connectivity index (χ4n) is 3.34. The number of likely N-dealkylation sites (tertiary alicyclic amines) is 1. The molecule has 4 nitrogen and oxygen atoms in total. The molecule has 3 rings (SSSR count). The van der Waals surface area contributed by atoms with E-state index in [0.717, 1.165) is 32.6 Å². The lowest BCUT2D eigenvalue weighted by Crippen LogP contribution is -2.30. The number of halogens is 4. The lowest BCUT2D eigenvalue weighted by Gasteiger charge is -2.23. The molecule has 1 atom stereocenters. The van der Waals surface area contributed by atoms with Crippen molar-refractivity contribution in [3.8, 4) is 0 Å². The summed E-state index contributed by atoms with van der Waals surface area (Å²) in [5.41, 5.74) is 0.335. The molecule has 0 saturated carbocycles. The van der Waals surface area contributed by atoms with Crippen LogP contribution in [-0.4, -0.2) is 46.8 Å². The molecule has 2 aliphatic heterocycles. The summed E-state index contributed by atoms with van der Waals surface area (Å²) in [5.74, 6) is 0.505. The van der Waals surface area contributed by atoms with Crippen LogP contribution in [0.1, 0.15) is 18.7 Å². The molecular weight excluding hydrogens is 305 g/mol. The minimum Gasteiger partial charge on any atom is -0.325 e. The highest BCUT2D eigenvalue weighted by molar-refractivity contribution is 5.85. The molecule has 8 heteroatoms. The first-order valence-corrected chi connectivity index (χ1v) is 6.96. The fourth-order valence-corrected chi connectivity index (χ4v) is 3.34. The van der Waals surface area contributed by atoms with Gasteiger partial charge in [0.25, 0.3) is 0 Å². The Labute approximate surface area is 128 Å². The molecule has 120 valence electrons. The fraction of sp³-hybridized carbons (Fsp3) is 0.769. The van der Waals surface area contributed by atoms with Crippen LogP contribution in [0.4, 0.5) is 13.2 Å². The molecule has 2 fully saturated rings. The highest BCUT2D eigenvalue weighted by Gasteiger charge is 2.40. The van der Waals surface area contributed by atoms with E-state index in [4.69, 9.17) is 0 Å². The van der Waals surface area contributed by atoms with Gasteiger partial charge in [-0.2, -0.15) is 13.2 Å². The van der Waals surface area contributed by atoms with E-state index in [1.54, 1.807) is 0 Å². The Morgan fingerprint density at radius 1 is 1.33 bits per heavy atom. The second-order valence-electron chi connectivity index (χ2n) is 5.97. The highest BCUT2D eigenvalue weighted by Crippen LogP contribution is 2.36. The smallest absolute Gasteiger partial charge is 0.325 e. The van der Waals surface area contributed by atoms with Gasteiger partial charge in [-0.1, -0.05) is 0 Å². The van der Waals surface area contributed by atoms with E-state index in [9.17, 15) is 13.2 Å². The first-order valence-electron chi connectivity index (χ1n) is 6.96. The summed E-state index contributed by atoms with van der Waals surface area (Å²) in [5, 5.41) is 3.38. The third-order valence-electron chi connectivity index (χ3n) is 4.37. The normalized spacial score (nSPS) is 26.4. The number of alkyl halides is 3. The van der Waals surface area contributed by atoms with Gasteiger partial charge in [0, 0.05) is 25.5 Å². The van der Waals surface area contributed by atoms with Gasteiger partial charge in [0.05, 0.1) is 6.54 Å². The van der Waals surface area contributed by atoms with E-state index in [0.29, 0.717) is 17.8 Å². The quantitative estimate of drug-likeness (QED) is 0.924. The van der Waals surface area contributed by atoms with Crippen LogP contribution < -0.4 is 5.32 Å². The molecule has 1 aromatic rings. The lowest BCUT2D eigenvalue weighted by atomic mass is 9.87. The van der Waals surface area contributed by atoms with Crippen molar-refractivity contribution in [2.45, 2.75) is 32.1 Å². The Bertz CT molecular complexity index is 468. The monoisotopic (exact) mass is 324 g/mol. The summed E-state index contributed by atoms with van der Waals surface area (Å²) in [6, 6.07) is 0. The van der Waals surface area contributed by atoms with Crippen molar-refractivity contribution < 1.29 is 13.2 Å². The SMILES string of the molecule is Cl.FC(F)(F)Cn1ccnc1CN1CCC2(CCNC2)C1. The molecule has 2 aliphatic rings. The molecule has 0 aromatic carbocycles. The number of nitrogens with zero attached hydrogens (tertiary/aromatic N) is 3. The van der Waals surface area contributed by atoms with Crippen LogP contribution in [0.15, 0.2) is 12.4 Å². The summed E-state index contributed by atoms with van der Waals surface area (Å²) >= 11 is 0. The van der Waals surface area contributed by atoms with E-state index in [1.807, 2.05) is 0 Å². The van der Waals surface area contributed by atoms with Crippen molar-refractivity contribution in [1.82, 2.24) is 19.8 Å². The van der Waals surface area contributed by atoms with Gasteiger partial charge in [-0.05, 0) is 31.3 Å². The number of imidazole rings is 1. The van der Waals surface area contributed by atoms with Crippen molar-refractivity contribution in [3.63, 3.8) is 0 Å². The van der Waals surface area contributed by atoms with Crippen molar-refractivity contribution in [3.05, 3.63) is 18.2 Å². The minimum atomic E-state index is -4.20. The van der Waals surface area contributed by atoms with Gasteiger partial charge in [0.2, 0.25) is 0 Å². The average Bonchev–Trinajstić information content (AvgIpc) is 3.04. The number of rotatable bonds is 3. The molecular formula is C13H20ClF3N4. The second kappa shape index (κ2) is 6.14. The standard InChI is InChI=1S/C13H19F3N4.ClH/c14-13(15,16)10-20-6-4-18-11(20)7-19-5-2-12(9-19)1-3-17-8-12;/h4,6,17H,1-3,5,7-10H2;1H. The Morgan fingerprint density at radius 3 is 2.81 bits per heavy atom. The van der Waals surface area contributed by atoms with Crippen LogP contribution >= 0.6 is 12.4 Å². The first-order chi connectivity index (χ1) is 9.46. The molecule has 1 N–H and O–H groups in total. The Hall–Kier alpha value is -0.790. The van der Waals surface area contributed by atoms with Gasteiger partial charge in [-0.15, -0.1) is 12.4 Å². The third-order valence-corrected chi connectivity index (χ3v) is 4.37. The van der Waals surface area contributed by atoms with Gasteiger partial charge in [0.1, 0.15) is 12.4 Å². The number of aromatic nitrogens is 2. The largest absolute Gasteiger partial charge is 0.406 e. The Balaban J connectivity index is 0.00000161. The molecule has 21 heavy (non-hydrogen) atoms. The van der Waals surface area contributed by atoms with Gasteiger partial charge in [0.15, 0.2) is 0 Å². The van der Waals surface area contributed by atoms with Crippen molar-refractivity contribution >= 4 is 12.4 Å². The van der Waals surface area contributed by atoms with E-state index in [-0.39, 0.29) is 12.4 Å². The van der Waals surface area contributed by atoms with E-state index in [1.165, 1.54) is 23.4 Å². The van der Waals surface area contributed by atoms with Crippen LogP contribution in [0.5, 0.6) is 0 Å².